The highest BCUT2D eigenvalue weighted by atomic mass is 32.2. The van der Waals surface area contributed by atoms with Gasteiger partial charge < -0.3 is 11.1 Å². The lowest BCUT2D eigenvalue weighted by Crippen LogP contribution is -2.31. The first-order valence-corrected chi connectivity index (χ1v) is 6.59. The van der Waals surface area contributed by atoms with Crippen molar-refractivity contribution in [1.82, 2.24) is 0 Å². The summed E-state index contributed by atoms with van der Waals surface area (Å²) in [6, 6.07) is 8.29. The number of nitrogens with zero attached hydrogens (tertiary/aromatic N) is 1. The molecule has 82 valence electrons. The van der Waals surface area contributed by atoms with E-state index >= 15 is 0 Å². The van der Waals surface area contributed by atoms with E-state index in [1.807, 2.05) is 19.1 Å². The second-order valence-corrected chi connectivity index (χ2v) is 6.54. The molecular formula is C11H11N3S2. The SMILES string of the molecule is CC1=CC2(Nc3ccccc3S2)SC(N)=N1. The van der Waals surface area contributed by atoms with Crippen molar-refractivity contribution in [2.24, 2.45) is 10.7 Å². The summed E-state index contributed by atoms with van der Waals surface area (Å²) in [7, 11) is 0. The molecule has 0 saturated carbocycles. The molecular weight excluding hydrogens is 238 g/mol. The highest BCUT2D eigenvalue weighted by Crippen LogP contribution is 2.53. The van der Waals surface area contributed by atoms with Gasteiger partial charge in [-0.05, 0) is 36.9 Å². The maximum absolute atomic E-state index is 5.83. The Morgan fingerprint density at radius 2 is 2.12 bits per heavy atom. The van der Waals surface area contributed by atoms with Crippen molar-refractivity contribution in [3.05, 3.63) is 36.0 Å². The normalized spacial score (nSPS) is 27.1. The van der Waals surface area contributed by atoms with Gasteiger partial charge in [0.25, 0.3) is 0 Å². The van der Waals surface area contributed by atoms with Crippen molar-refractivity contribution < 1.29 is 0 Å². The molecule has 0 saturated heterocycles. The Morgan fingerprint density at radius 3 is 2.88 bits per heavy atom. The predicted octanol–water partition coefficient (Wildman–Crippen LogP) is 2.82. The minimum Gasteiger partial charge on any atom is -0.378 e. The fourth-order valence-electron chi connectivity index (χ4n) is 1.84. The zero-order chi connectivity index (χ0) is 11.2. The van der Waals surface area contributed by atoms with Crippen molar-refractivity contribution in [1.29, 1.82) is 0 Å². The first-order valence-electron chi connectivity index (χ1n) is 4.96. The zero-order valence-electron chi connectivity index (χ0n) is 8.73. The van der Waals surface area contributed by atoms with E-state index in [1.54, 1.807) is 23.5 Å². The molecule has 0 aliphatic carbocycles. The van der Waals surface area contributed by atoms with Crippen LogP contribution in [0.3, 0.4) is 0 Å². The lowest BCUT2D eigenvalue weighted by atomic mass is 10.3. The molecule has 1 spiro atoms. The van der Waals surface area contributed by atoms with Crippen molar-refractivity contribution in [3.8, 4) is 0 Å². The zero-order valence-corrected chi connectivity index (χ0v) is 10.4. The number of nitrogens with one attached hydrogen (secondary N) is 1. The van der Waals surface area contributed by atoms with Crippen molar-refractivity contribution in [3.63, 3.8) is 0 Å². The van der Waals surface area contributed by atoms with E-state index in [4.69, 9.17) is 5.73 Å². The molecule has 2 heterocycles. The van der Waals surface area contributed by atoms with Gasteiger partial charge in [0.2, 0.25) is 0 Å². The molecule has 16 heavy (non-hydrogen) atoms. The Kier molecular flexibility index (Phi) is 2.19. The number of aliphatic imine (C=N–C) groups is 1. The number of hydrogen-bond acceptors (Lipinski definition) is 5. The summed E-state index contributed by atoms with van der Waals surface area (Å²) in [5, 5.41) is 4.12. The van der Waals surface area contributed by atoms with Crippen molar-refractivity contribution >= 4 is 34.4 Å². The van der Waals surface area contributed by atoms with E-state index < -0.39 is 0 Å². The van der Waals surface area contributed by atoms with Crippen LogP contribution in [-0.2, 0) is 0 Å². The summed E-state index contributed by atoms with van der Waals surface area (Å²) in [6.07, 6.45) is 2.12. The first-order chi connectivity index (χ1) is 7.67. The number of amidine groups is 1. The molecule has 0 fully saturated rings. The minimum absolute atomic E-state index is 0.209. The maximum Gasteiger partial charge on any atom is 0.164 e. The Balaban J connectivity index is 1.99. The third kappa shape index (κ3) is 1.60. The number of fused-ring (bicyclic) bond motifs is 1. The highest BCUT2D eigenvalue weighted by molar-refractivity contribution is 8.26. The van der Waals surface area contributed by atoms with Gasteiger partial charge in [-0.2, -0.15) is 0 Å². The van der Waals surface area contributed by atoms with E-state index in [1.165, 1.54) is 10.6 Å². The van der Waals surface area contributed by atoms with Gasteiger partial charge in [-0.1, -0.05) is 23.9 Å². The van der Waals surface area contributed by atoms with Crippen LogP contribution in [0.5, 0.6) is 0 Å². The van der Waals surface area contributed by atoms with Crippen LogP contribution in [0.4, 0.5) is 5.69 Å². The number of allylic oxidation sites excluding steroid dienone is 1. The molecule has 3 nitrogen and oxygen atoms in total. The lowest BCUT2D eigenvalue weighted by molar-refractivity contribution is 1.13. The Bertz CT molecular complexity index is 483. The van der Waals surface area contributed by atoms with Gasteiger partial charge in [0.15, 0.2) is 9.37 Å². The Hall–Kier alpha value is -1.07. The predicted molar refractivity (Wildman–Crippen MR) is 71.6 cm³/mol. The van der Waals surface area contributed by atoms with Crippen LogP contribution in [-0.4, -0.2) is 9.37 Å². The topological polar surface area (TPSA) is 50.4 Å². The smallest absolute Gasteiger partial charge is 0.164 e. The van der Waals surface area contributed by atoms with E-state index in [9.17, 15) is 0 Å². The van der Waals surface area contributed by atoms with Crippen LogP contribution < -0.4 is 11.1 Å². The van der Waals surface area contributed by atoms with Crippen molar-refractivity contribution in [2.75, 3.05) is 5.32 Å². The molecule has 0 bridgehead atoms. The van der Waals surface area contributed by atoms with Gasteiger partial charge >= 0.3 is 0 Å². The average molecular weight is 249 g/mol. The van der Waals surface area contributed by atoms with Gasteiger partial charge in [-0.3, -0.25) is 0 Å². The minimum atomic E-state index is -0.209. The molecule has 3 N–H and O–H groups in total. The fraction of sp³-hybridized carbons (Fsp3) is 0.182. The molecule has 0 radical (unpaired) electrons. The van der Waals surface area contributed by atoms with Crippen molar-refractivity contribution in [2.45, 2.75) is 16.0 Å². The number of rotatable bonds is 0. The highest BCUT2D eigenvalue weighted by Gasteiger charge is 2.39. The first kappa shape index (κ1) is 10.1. The Labute approximate surface area is 103 Å². The third-order valence-electron chi connectivity index (χ3n) is 2.40. The fourth-order valence-corrected chi connectivity index (χ4v) is 4.51. The van der Waals surface area contributed by atoms with E-state index in [0.29, 0.717) is 5.17 Å². The van der Waals surface area contributed by atoms with Gasteiger partial charge in [0, 0.05) is 16.3 Å². The number of para-hydroxylation sites is 1. The van der Waals surface area contributed by atoms with Gasteiger partial charge in [-0.25, -0.2) is 4.99 Å². The summed E-state index contributed by atoms with van der Waals surface area (Å²) in [5.41, 5.74) is 7.96. The van der Waals surface area contributed by atoms with Gasteiger partial charge in [0.05, 0.1) is 0 Å². The standard InChI is InChI=1S/C11H11N3S2/c1-7-6-11(16-10(12)13-7)14-8-4-2-3-5-9(8)15-11/h2-6,14H,1H3,(H2,12,13). The molecule has 3 rings (SSSR count). The summed E-state index contributed by atoms with van der Waals surface area (Å²) in [6.45, 7) is 1.97. The molecule has 1 unspecified atom stereocenters. The van der Waals surface area contributed by atoms with Crippen LogP contribution in [0.15, 0.2) is 45.9 Å². The number of thioether (sulfide) groups is 2. The summed E-state index contributed by atoms with van der Waals surface area (Å²) < 4.78 is -0.209. The van der Waals surface area contributed by atoms with E-state index in [0.717, 1.165) is 5.70 Å². The maximum atomic E-state index is 5.83. The molecule has 2 aliphatic heterocycles. The molecule has 5 heteroatoms. The quantitative estimate of drug-likeness (QED) is 0.742. The van der Waals surface area contributed by atoms with Crippen LogP contribution in [0.25, 0.3) is 0 Å². The van der Waals surface area contributed by atoms with Crippen LogP contribution >= 0.6 is 23.5 Å². The van der Waals surface area contributed by atoms with Gasteiger partial charge in [-0.15, -0.1) is 0 Å². The lowest BCUT2D eigenvalue weighted by Gasteiger charge is -2.27. The van der Waals surface area contributed by atoms with E-state index in [-0.39, 0.29) is 4.20 Å². The second-order valence-electron chi connectivity index (χ2n) is 3.73. The molecule has 2 aliphatic rings. The average Bonchev–Trinajstić information content (AvgIpc) is 2.52. The van der Waals surface area contributed by atoms with Crippen LogP contribution in [0, 0.1) is 0 Å². The summed E-state index contributed by atoms with van der Waals surface area (Å²) in [4.78, 5) is 5.49. The molecule has 0 amide bonds. The number of hydrogen-bond donors (Lipinski definition) is 2. The molecule has 0 aromatic heterocycles. The van der Waals surface area contributed by atoms with E-state index in [2.05, 4.69) is 28.5 Å². The number of nitrogens with two attached hydrogens (primary N) is 1. The van der Waals surface area contributed by atoms with Gasteiger partial charge in [0.1, 0.15) is 0 Å². The molecule has 1 aromatic rings. The number of anilines is 1. The third-order valence-corrected chi connectivity index (χ3v) is 4.82. The van der Waals surface area contributed by atoms with Crippen LogP contribution in [0.2, 0.25) is 0 Å². The Morgan fingerprint density at radius 1 is 1.31 bits per heavy atom. The summed E-state index contributed by atoms with van der Waals surface area (Å²) in [5.74, 6) is 0. The number of benzene rings is 1. The summed E-state index contributed by atoms with van der Waals surface area (Å²) >= 11 is 3.34. The largest absolute Gasteiger partial charge is 0.378 e. The monoisotopic (exact) mass is 249 g/mol. The molecule has 1 aromatic carbocycles. The molecule has 1 atom stereocenters. The second kappa shape index (κ2) is 3.46. The van der Waals surface area contributed by atoms with Crippen LogP contribution in [0.1, 0.15) is 6.92 Å².